The molecule has 1 aliphatic heterocycles. The standard InChI is InChI=1S/C13H13Cl2NO4/c14-9-1-2-10(19)12(13(9)15)7-3-11(20)16(4-7)5-8(18)6-17/h1-2,5,7,17-19H,3-4,6H2/b8-5-/t7-/m1/s1. The largest absolute Gasteiger partial charge is 0.508 e. The van der Waals surface area contributed by atoms with Gasteiger partial charge in [0.2, 0.25) is 5.91 Å². The van der Waals surface area contributed by atoms with Crippen LogP contribution in [0.1, 0.15) is 17.9 Å². The number of aliphatic hydroxyl groups excluding tert-OH is 2. The van der Waals surface area contributed by atoms with Gasteiger partial charge in [-0.2, -0.15) is 0 Å². The van der Waals surface area contributed by atoms with Crippen molar-refractivity contribution in [1.82, 2.24) is 4.90 Å². The van der Waals surface area contributed by atoms with Gasteiger partial charge >= 0.3 is 0 Å². The highest BCUT2D eigenvalue weighted by atomic mass is 35.5. The second-order valence-corrected chi connectivity index (χ2v) is 5.31. The first kappa shape index (κ1) is 15.0. The Kier molecular flexibility index (Phi) is 4.42. The van der Waals surface area contributed by atoms with Crippen LogP contribution in [0.5, 0.6) is 5.75 Å². The highest BCUT2D eigenvalue weighted by Crippen LogP contribution is 2.41. The molecule has 3 N–H and O–H groups in total. The van der Waals surface area contributed by atoms with Gasteiger partial charge in [-0.25, -0.2) is 0 Å². The zero-order valence-corrected chi connectivity index (χ0v) is 11.9. The molecular formula is C13H13Cl2NO4. The molecule has 0 radical (unpaired) electrons. The zero-order chi connectivity index (χ0) is 14.9. The van der Waals surface area contributed by atoms with Gasteiger partial charge in [-0.15, -0.1) is 0 Å². The van der Waals surface area contributed by atoms with Crippen LogP contribution >= 0.6 is 23.2 Å². The van der Waals surface area contributed by atoms with E-state index in [1.807, 2.05) is 0 Å². The van der Waals surface area contributed by atoms with Crippen molar-refractivity contribution >= 4 is 29.1 Å². The smallest absolute Gasteiger partial charge is 0.227 e. The minimum atomic E-state index is -0.544. The van der Waals surface area contributed by atoms with Crippen LogP contribution in [-0.4, -0.2) is 39.3 Å². The minimum Gasteiger partial charge on any atom is -0.508 e. The van der Waals surface area contributed by atoms with Crippen molar-refractivity contribution in [1.29, 1.82) is 0 Å². The molecule has 1 amide bonds. The third kappa shape index (κ3) is 2.85. The van der Waals surface area contributed by atoms with Crippen molar-refractivity contribution in [2.45, 2.75) is 12.3 Å². The lowest BCUT2D eigenvalue weighted by atomic mass is 9.97. The fourth-order valence-corrected chi connectivity index (χ4v) is 2.69. The maximum atomic E-state index is 11.8. The molecule has 1 fully saturated rings. The van der Waals surface area contributed by atoms with E-state index in [1.165, 1.54) is 23.2 Å². The average Bonchev–Trinajstić information content (AvgIpc) is 2.75. The summed E-state index contributed by atoms with van der Waals surface area (Å²) < 4.78 is 0. The van der Waals surface area contributed by atoms with Crippen LogP contribution in [-0.2, 0) is 4.79 Å². The molecule has 1 aromatic carbocycles. The van der Waals surface area contributed by atoms with E-state index in [4.69, 9.17) is 28.3 Å². The Balaban J connectivity index is 2.29. The molecule has 1 heterocycles. The summed E-state index contributed by atoms with van der Waals surface area (Å²) >= 11 is 12.0. The van der Waals surface area contributed by atoms with E-state index in [0.717, 1.165) is 0 Å². The number of rotatable bonds is 3. The normalized spacial score (nSPS) is 19.8. The number of carbonyl (C=O) groups is 1. The molecule has 1 saturated heterocycles. The Labute approximate surface area is 125 Å². The van der Waals surface area contributed by atoms with Crippen molar-refractivity contribution < 1.29 is 20.1 Å². The summed E-state index contributed by atoms with van der Waals surface area (Å²) in [6, 6.07) is 2.91. The summed E-state index contributed by atoms with van der Waals surface area (Å²) in [6.07, 6.45) is 1.32. The van der Waals surface area contributed by atoms with E-state index in [0.29, 0.717) is 10.6 Å². The predicted molar refractivity (Wildman–Crippen MR) is 75.0 cm³/mol. The second kappa shape index (κ2) is 5.91. The van der Waals surface area contributed by atoms with Crippen molar-refractivity contribution in [3.63, 3.8) is 0 Å². The Hall–Kier alpha value is -1.43. The van der Waals surface area contributed by atoms with E-state index in [2.05, 4.69) is 0 Å². The molecule has 0 aliphatic carbocycles. The van der Waals surface area contributed by atoms with Gasteiger partial charge < -0.3 is 20.2 Å². The molecule has 0 spiro atoms. The van der Waals surface area contributed by atoms with E-state index in [9.17, 15) is 15.0 Å². The first-order valence-electron chi connectivity index (χ1n) is 5.91. The van der Waals surface area contributed by atoms with Crippen molar-refractivity contribution in [2.75, 3.05) is 13.2 Å². The summed E-state index contributed by atoms with van der Waals surface area (Å²) in [7, 11) is 0. The average molecular weight is 318 g/mol. The topological polar surface area (TPSA) is 81.0 Å². The fraction of sp³-hybridized carbons (Fsp3) is 0.308. The first-order chi connectivity index (χ1) is 9.43. The molecule has 20 heavy (non-hydrogen) atoms. The lowest BCUT2D eigenvalue weighted by molar-refractivity contribution is -0.125. The Morgan fingerprint density at radius 2 is 2.15 bits per heavy atom. The summed E-state index contributed by atoms with van der Waals surface area (Å²) in [5.74, 6) is -0.878. The van der Waals surface area contributed by atoms with Gasteiger partial charge in [-0.1, -0.05) is 23.2 Å². The third-order valence-corrected chi connectivity index (χ3v) is 3.96. The van der Waals surface area contributed by atoms with Crippen LogP contribution in [0.15, 0.2) is 24.1 Å². The molecule has 5 nitrogen and oxygen atoms in total. The highest BCUT2D eigenvalue weighted by Gasteiger charge is 2.33. The SMILES string of the molecule is O=C1C[C@@H](c2c(O)ccc(Cl)c2Cl)CN1/C=C(\O)CO. The van der Waals surface area contributed by atoms with Crippen molar-refractivity contribution in [3.05, 3.63) is 39.7 Å². The van der Waals surface area contributed by atoms with Gasteiger partial charge in [0.15, 0.2) is 0 Å². The Morgan fingerprint density at radius 3 is 2.80 bits per heavy atom. The number of carbonyl (C=O) groups excluding carboxylic acids is 1. The van der Waals surface area contributed by atoms with Gasteiger partial charge in [0, 0.05) is 30.6 Å². The van der Waals surface area contributed by atoms with Gasteiger partial charge in [0.05, 0.1) is 10.0 Å². The molecule has 1 aromatic rings. The van der Waals surface area contributed by atoms with Crippen LogP contribution in [0.3, 0.4) is 0 Å². The van der Waals surface area contributed by atoms with E-state index >= 15 is 0 Å². The minimum absolute atomic E-state index is 0.0191. The molecule has 0 aromatic heterocycles. The van der Waals surface area contributed by atoms with E-state index in [1.54, 1.807) is 0 Å². The van der Waals surface area contributed by atoms with Crippen LogP contribution in [0.4, 0.5) is 0 Å². The number of aromatic hydroxyl groups is 1. The summed E-state index contributed by atoms with van der Waals surface area (Å²) in [6.45, 7) is -0.297. The van der Waals surface area contributed by atoms with Crippen molar-refractivity contribution in [3.8, 4) is 5.75 Å². The van der Waals surface area contributed by atoms with Gasteiger partial charge in [-0.3, -0.25) is 4.79 Å². The summed E-state index contributed by atoms with van der Waals surface area (Å²) in [4.78, 5) is 13.1. The highest BCUT2D eigenvalue weighted by molar-refractivity contribution is 6.42. The molecule has 1 aliphatic rings. The Bertz CT molecular complexity index is 574. The number of aliphatic hydroxyl groups is 2. The second-order valence-electron chi connectivity index (χ2n) is 4.52. The van der Waals surface area contributed by atoms with Gasteiger partial charge in [-0.05, 0) is 12.1 Å². The molecule has 108 valence electrons. The van der Waals surface area contributed by atoms with Crippen LogP contribution in [0, 0.1) is 0 Å². The van der Waals surface area contributed by atoms with E-state index < -0.39 is 6.61 Å². The molecule has 2 rings (SSSR count). The van der Waals surface area contributed by atoms with Crippen LogP contribution in [0.2, 0.25) is 10.0 Å². The van der Waals surface area contributed by atoms with E-state index in [-0.39, 0.29) is 41.3 Å². The van der Waals surface area contributed by atoms with Gasteiger partial charge in [0.1, 0.15) is 18.1 Å². The zero-order valence-electron chi connectivity index (χ0n) is 10.4. The monoisotopic (exact) mass is 317 g/mol. The summed E-state index contributed by atoms with van der Waals surface area (Å²) in [5.41, 5.74) is 0.423. The Morgan fingerprint density at radius 1 is 1.45 bits per heavy atom. The molecule has 0 bridgehead atoms. The van der Waals surface area contributed by atoms with Crippen LogP contribution < -0.4 is 0 Å². The number of nitrogens with zero attached hydrogens (tertiary/aromatic N) is 1. The first-order valence-corrected chi connectivity index (χ1v) is 6.66. The number of benzene rings is 1. The maximum absolute atomic E-state index is 11.8. The van der Waals surface area contributed by atoms with Gasteiger partial charge in [0.25, 0.3) is 0 Å². The predicted octanol–water partition coefficient (Wildman–Crippen LogP) is 2.41. The lowest BCUT2D eigenvalue weighted by Gasteiger charge is -2.15. The number of halogens is 2. The number of hydrogen-bond donors (Lipinski definition) is 3. The number of hydrogen-bond acceptors (Lipinski definition) is 4. The van der Waals surface area contributed by atoms with Crippen LogP contribution in [0.25, 0.3) is 0 Å². The lowest BCUT2D eigenvalue weighted by Crippen LogP contribution is -2.19. The maximum Gasteiger partial charge on any atom is 0.227 e. The molecule has 0 unspecified atom stereocenters. The number of phenols is 1. The molecule has 7 heteroatoms. The third-order valence-electron chi connectivity index (χ3n) is 3.14. The number of amides is 1. The number of likely N-dealkylation sites (tertiary alicyclic amines) is 1. The molecule has 1 atom stereocenters. The number of phenolic OH excluding ortho intramolecular Hbond substituents is 1. The summed E-state index contributed by atoms with van der Waals surface area (Å²) in [5, 5.41) is 28.4. The van der Waals surface area contributed by atoms with Crippen molar-refractivity contribution in [2.24, 2.45) is 0 Å². The quantitative estimate of drug-likeness (QED) is 0.748. The molecule has 0 saturated carbocycles. The fourth-order valence-electron chi connectivity index (χ4n) is 2.22. The molecular weight excluding hydrogens is 305 g/mol.